The molecule has 0 bridgehead atoms. The van der Waals surface area contributed by atoms with Crippen LogP contribution in [0.3, 0.4) is 0 Å². The summed E-state index contributed by atoms with van der Waals surface area (Å²) in [7, 11) is 3.19. The molecule has 2 aromatic heterocycles. The average molecular weight is 409 g/mol. The Morgan fingerprint density at radius 2 is 1.86 bits per heavy atom. The van der Waals surface area contributed by atoms with Gasteiger partial charge in [0.05, 0.1) is 25.4 Å². The summed E-state index contributed by atoms with van der Waals surface area (Å²) in [6.07, 6.45) is 0. The molecule has 146 valence electrons. The first kappa shape index (κ1) is 17.6. The second-order valence-corrected chi connectivity index (χ2v) is 7.22. The highest BCUT2D eigenvalue weighted by Gasteiger charge is 2.22. The molecule has 0 amide bonds. The Bertz CT molecular complexity index is 1300. The Morgan fingerprint density at radius 3 is 2.62 bits per heavy atom. The number of ether oxygens (including phenoxy) is 2. The molecule has 0 fully saturated rings. The monoisotopic (exact) mass is 409 g/mol. The molecule has 2 aromatic carbocycles. The summed E-state index contributed by atoms with van der Waals surface area (Å²) < 4.78 is 17.6. The lowest BCUT2D eigenvalue weighted by Crippen LogP contribution is -2.13. The van der Waals surface area contributed by atoms with Gasteiger partial charge in [0.25, 0.3) is 0 Å². The van der Waals surface area contributed by atoms with E-state index in [1.807, 2.05) is 18.2 Å². The van der Waals surface area contributed by atoms with E-state index < -0.39 is 5.76 Å². The van der Waals surface area contributed by atoms with Crippen molar-refractivity contribution in [2.45, 2.75) is 5.16 Å². The maximum Gasteiger partial charge on any atom is 0.417 e. The number of aromatic nitrogens is 4. The summed E-state index contributed by atoms with van der Waals surface area (Å²) in [6, 6.07) is 11.0. The zero-order chi connectivity index (χ0) is 20.0. The molecule has 1 aliphatic rings. The van der Waals surface area contributed by atoms with Crippen LogP contribution in [0.1, 0.15) is 5.56 Å². The van der Waals surface area contributed by atoms with E-state index in [4.69, 9.17) is 19.0 Å². The molecule has 0 radical (unpaired) electrons. The van der Waals surface area contributed by atoms with Crippen molar-refractivity contribution in [2.24, 2.45) is 5.10 Å². The Balaban J connectivity index is 1.60. The van der Waals surface area contributed by atoms with Crippen LogP contribution in [0.4, 0.5) is 0 Å². The summed E-state index contributed by atoms with van der Waals surface area (Å²) >= 11 is 1.53. The van der Waals surface area contributed by atoms with Gasteiger partial charge in [-0.05, 0) is 24.3 Å². The number of aromatic amines is 1. The first-order valence-corrected chi connectivity index (χ1v) is 9.66. The number of benzene rings is 2. The number of hydrogen-bond donors (Lipinski definition) is 1. The van der Waals surface area contributed by atoms with E-state index in [-0.39, 0.29) is 0 Å². The average Bonchev–Trinajstić information content (AvgIpc) is 3.34. The van der Waals surface area contributed by atoms with Gasteiger partial charge in [-0.2, -0.15) is 9.78 Å². The largest absolute Gasteiger partial charge is 0.497 e. The van der Waals surface area contributed by atoms with E-state index in [1.54, 1.807) is 37.1 Å². The lowest BCUT2D eigenvalue weighted by molar-refractivity contribution is 0.394. The number of rotatable bonds is 4. The summed E-state index contributed by atoms with van der Waals surface area (Å²) in [5, 5.41) is 14.0. The first-order chi connectivity index (χ1) is 14.1. The smallest absolute Gasteiger partial charge is 0.417 e. The van der Waals surface area contributed by atoms with Gasteiger partial charge in [-0.3, -0.25) is 4.98 Å². The van der Waals surface area contributed by atoms with Crippen LogP contribution in [0.2, 0.25) is 0 Å². The number of fused-ring (bicyclic) bond motifs is 2. The molecule has 0 atom stereocenters. The first-order valence-electron chi connectivity index (χ1n) is 8.67. The van der Waals surface area contributed by atoms with Gasteiger partial charge in [0, 0.05) is 22.9 Å². The molecule has 1 N–H and O–H groups in total. The zero-order valence-corrected chi connectivity index (χ0v) is 16.3. The molecule has 29 heavy (non-hydrogen) atoms. The minimum Gasteiger partial charge on any atom is -0.497 e. The fourth-order valence-electron chi connectivity index (χ4n) is 3.11. The molecule has 0 saturated heterocycles. The van der Waals surface area contributed by atoms with Crippen molar-refractivity contribution in [3.63, 3.8) is 0 Å². The van der Waals surface area contributed by atoms with Crippen molar-refractivity contribution in [2.75, 3.05) is 20.0 Å². The Kier molecular flexibility index (Phi) is 4.13. The van der Waals surface area contributed by atoms with E-state index >= 15 is 0 Å². The molecule has 0 aliphatic carbocycles. The van der Waals surface area contributed by atoms with Gasteiger partial charge in [-0.15, -0.1) is 10.2 Å². The van der Waals surface area contributed by atoms with Crippen LogP contribution in [0.15, 0.2) is 55.9 Å². The van der Waals surface area contributed by atoms with E-state index in [9.17, 15) is 4.79 Å². The van der Waals surface area contributed by atoms with Gasteiger partial charge in [-0.1, -0.05) is 17.8 Å². The van der Waals surface area contributed by atoms with Gasteiger partial charge < -0.3 is 13.9 Å². The molecule has 1 aliphatic heterocycles. The number of oxazole rings is 1. The van der Waals surface area contributed by atoms with E-state index in [1.165, 1.54) is 11.8 Å². The third kappa shape index (κ3) is 3.07. The normalized spacial score (nSPS) is 13.2. The second-order valence-electron chi connectivity index (χ2n) is 6.28. The van der Waals surface area contributed by atoms with Gasteiger partial charge in [-0.25, -0.2) is 4.79 Å². The standard InChI is InChI=1S/C19H15N5O4S/c1-26-12-5-11(6-13(8-12)27-2)17-21-22-18-24(17)23-15(9-29-18)10-3-4-14-16(7-10)28-19(25)20-14/h3-8H,9H2,1-2H3,(H,20,25). The molecular weight excluding hydrogens is 394 g/mol. The second kappa shape index (κ2) is 6.82. The molecule has 9 nitrogen and oxygen atoms in total. The molecule has 3 heterocycles. The molecule has 4 aromatic rings. The van der Waals surface area contributed by atoms with Crippen LogP contribution in [0.5, 0.6) is 11.5 Å². The van der Waals surface area contributed by atoms with Gasteiger partial charge >= 0.3 is 5.76 Å². The summed E-state index contributed by atoms with van der Waals surface area (Å²) in [4.78, 5) is 14.0. The highest BCUT2D eigenvalue weighted by Crippen LogP contribution is 2.33. The van der Waals surface area contributed by atoms with Crippen LogP contribution in [0, 0.1) is 0 Å². The van der Waals surface area contributed by atoms with Crippen LogP contribution in [0.25, 0.3) is 22.5 Å². The van der Waals surface area contributed by atoms with Crippen molar-refractivity contribution in [1.82, 2.24) is 19.9 Å². The third-order valence-corrected chi connectivity index (χ3v) is 5.47. The van der Waals surface area contributed by atoms with Crippen LogP contribution >= 0.6 is 11.8 Å². The van der Waals surface area contributed by atoms with E-state index in [0.29, 0.717) is 39.3 Å². The maximum atomic E-state index is 11.4. The molecule has 0 spiro atoms. The van der Waals surface area contributed by atoms with Crippen LogP contribution in [-0.4, -0.2) is 45.5 Å². The lowest BCUT2D eigenvalue weighted by Gasteiger charge is -2.14. The summed E-state index contributed by atoms with van der Waals surface area (Å²) in [5.41, 5.74) is 3.60. The van der Waals surface area contributed by atoms with Crippen molar-refractivity contribution in [3.05, 3.63) is 52.5 Å². The Hall–Kier alpha value is -3.53. The van der Waals surface area contributed by atoms with Crippen molar-refractivity contribution < 1.29 is 13.9 Å². The van der Waals surface area contributed by atoms with Gasteiger partial charge in [0.15, 0.2) is 11.4 Å². The predicted octanol–water partition coefficient (Wildman–Crippen LogP) is 2.75. The molecular formula is C19H15N5O4S. The topological polar surface area (TPSA) is 108 Å². The summed E-state index contributed by atoms with van der Waals surface area (Å²) in [5.74, 6) is 2.03. The SMILES string of the molecule is COc1cc(OC)cc(-c2nnc3n2N=C(c2ccc4[nH]c(=O)oc4c2)CS3)c1. The molecule has 0 saturated carbocycles. The Morgan fingerprint density at radius 1 is 1.07 bits per heavy atom. The minimum absolute atomic E-state index is 0.479. The van der Waals surface area contributed by atoms with Crippen molar-refractivity contribution in [1.29, 1.82) is 0 Å². The van der Waals surface area contributed by atoms with Gasteiger partial charge in [0.1, 0.15) is 11.5 Å². The summed E-state index contributed by atoms with van der Waals surface area (Å²) in [6.45, 7) is 0. The number of nitrogens with one attached hydrogen (secondary N) is 1. The number of hydrogen-bond acceptors (Lipinski definition) is 8. The lowest BCUT2D eigenvalue weighted by atomic mass is 10.1. The number of methoxy groups -OCH3 is 2. The highest BCUT2D eigenvalue weighted by atomic mass is 32.2. The quantitative estimate of drug-likeness (QED) is 0.552. The third-order valence-electron chi connectivity index (χ3n) is 4.53. The van der Waals surface area contributed by atoms with E-state index in [2.05, 4.69) is 15.2 Å². The maximum absolute atomic E-state index is 11.4. The minimum atomic E-state index is -0.479. The fourth-order valence-corrected chi connectivity index (χ4v) is 3.95. The molecule has 0 unspecified atom stereocenters. The van der Waals surface area contributed by atoms with Crippen LogP contribution < -0.4 is 15.2 Å². The number of nitrogens with zero attached hydrogens (tertiary/aromatic N) is 4. The van der Waals surface area contributed by atoms with Crippen LogP contribution in [-0.2, 0) is 0 Å². The Labute approximate surface area is 168 Å². The van der Waals surface area contributed by atoms with Crippen molar-refractivity contribution >= 4 is 28.6 Å². The molecule has 5 rings (SSSR count). The molecule has 10 heteroatoms. The van der Waals surface area contributed by atoms with Gasteiger partial charge in [0.2, 0.25) is 5.16 Å². The fraction of sp³-hybridized carbons (Fsp3) is 0.158. The van der Waals surface area contributed by atoms with Crippen molar-refractivity contribution in [3.8, 4) is 22.9 Å². The number of H-pyrrole nitrogens is 1. The van der Waals surface area contributed by atoms with E-state index in [0.717, 1.165) is 16.8 Å². The highest BCUT2D eigenvalue weighted by molar-refractivity contribution is 7.99. The zero-order valence-electron chi connectivity index (χ0n) is 15.5. The number of thioether (sulfide) groups is 1. The predicted molar refractivity (Wildman–Crippen MR) is 108 cm³/mol.